The fourth-order valence-electron chi connectivity index (χ4n) is 2.00. The van der Waals surface area contributed by atoms with Crippen LogP contribution in [0.3, 0.4) is 0 Å². The molecule has 0 aliphatic heterocycles. The van der Waals surface area contributed by atoms with E-state index in [9.17, 15) is 4.79 Å². The molecule has 0 unspecified atom stereocenters. The van der Waals surface area contributed by atoms with Gasteiger partial charge >= 0.3 is 6.03 Å². The van der Waals surface area contributed by atoms with Gasteiger partial charge in [0, 0.05) is 5.69 Å². The molecule has 0 radical (unpaired) electrons. The minimum absolute atomic E-state index is 0.293. The van der Waals surface area contributed by atoms with E-state index in [4.69, 9.17) is 23.2 Å². The summed E-state index contributed by atoms with van der Waals surface area (Å²) in [6.07, 6.45) is 0. The van der Waals surface area contributed by atoms with Crippen LogP contribution < -0.4 is 10.6 Å². The smallest absolute Gasteiger partial charge is 0.319 e. The standard InChI is InChI=1S/C15H12Cl2N4O/c16-10-6-5-9(7-11(10)17)19-15(22)18-8-14-20-12-3-1-2-4-13(12)21-14/h1-7H,8H2,(H,20,21)(H2,18,19,22). The molecule has 5 nitrogen and oxygen atoms in total. The van der Waals surface area contributed by atoms with Crippen LogP contribution in [0.2, 0.25) is 10.0 Å². The van der Waals surface area contributed by atoms with Crippen molar-refractivity contribution in [1.82, 2.24) is 15.3 Å². The maximum absolute atomic E-state index is 11.9. The first-order valence-electron chi connectivity index (χ1n) is 6.55. The van der Waals surface area contributed by atoms with Crippen LogP contribution in [-0.2, 0) is 6.54 Å². The Morgan fingerprint density at radius 1 is 1.14 bits per heavy atom. The monoisotopic (exact) mass is 334 g/mol. The minimum atomic E-state index is -0.348. The number of H-pyrrole nitrogens is 1. The molecule has 1 heterocycles. The number of urea groups is 1. The molecule has 0 spiro atoms. The Morgan fingerprint density at radius 2 is 1.95 bits per heavy atom. The number of anilines is 1. The van der Waals surface area contributed by atoms with Crippen molar-refractivity contribution in [2.45, 2.75) is 6.54 Å². The highest BCUT2D eigenvalue weighted by Gasteiger charge is 2.06. The predicted octanol–water partition coefficient (Wildman–Crippen LogP) is 4.19. The number of amides is 2. The van der Waals surface area contributed by atoms with Crippen LogP contribution in [-0.4, -0.2) is 16.0 Å². The fourth-order valence-corrected chi connectivity index (χ4v) is 2.30. The van der Waals surface area contributed by atoms with Crippen LogP contribution in [0, 0.1) is 0 Å². The highest BCUT2D eigenvalue weighted by molar-refractivity contribution is 6.42. The van der Waals surface area contributed by atoms with Gasteiger partial charge in [-0.3, -0.25) is 0 Å². The lowest BCUT2D eigenvalue weighted by Gasteiger charge is -2.07. The Labute approximate surface area is 136 Å². The van der Waals surface area contributed by atoms with Crippen molar-refractivity contribution >= 4 is 46.0 Å². The third kappa shape index (κ3) is 3.32. The maximum atomic E-state index is 11.9. The lowest BCUT2D eigenvalue weighted by atomic mass is 10.3. The molecule has 3 N–H and O–H groups in total. The topological polar surface area (TPSA) is 69.8 Å². The number of carbonyl (C=O) groups excluding carboxylic acids is 1. The van der Waals surface area contributed by atoms with Crippen LogP contribution in [0.15, 0.2) is 42.5 Å². The van der Waals surface area contributed by atoms with E-state index in [0.717, 1.165) is 11.0 Å². The van der Waals surface area contributed by atoms with Crippen LogP contribution in [0.4, 0.5) is 10.5 Å². The number of imidazole rings is 1. The first kappa shape index (κ1) is 14.7. The molecular weight excluding hydrogens is 323 g/mol. The van der Waals surface area contributed by atoms with E-state index < -0.39 is 0 Å². The molecule has 0 fully saturated rings. The van der Waals surface area contributed by atoms with Crippen LogP contribution in [0.5, 0.6) is 0 Å². The van der Waals surface area contributed by atoms with Gasteiger partial charge < -0.3 is 15.6 Å². The molecule has 7 heteroatoms. The average Bonchev–Trinajstić information content (AvgIpc) is 2.92. The largest absolute Gasteiger partial charge is 0.340 e. The van der Waals surface area contributed by atoms with Gasteiger partial charge in [0.25, 0.3) is 0 Å². The lowest BCUT2D eigenvalue weighted by Crippen LogP contribution is -2.28. The minimum Gasteiger partial charge on any atom is -0.340 e. The van der Waals surface area contributed by atoms with Crippen molar-refractivity contribution in [2.24, 2.45) is 0 Å². The summed E-state index contributed by atoms with van der Waals surface area (Å²) in [5, 5.41) is 6.23. The molecule has 0 bridgehead atoms. The molecule has 0 aliphatic rings. The molecule has 0 aliphatic carbocycles. The third-order valence-corrected chi connectivity index (χ3v) is 3.77. The van der Waals surface area contributed by atoms with E-state index >= 15 is 0 Å². The zero-order chi connectivity index (χ0) is 15.5. The molecule has 0 saturated carbocycles. The van der Waals surface area contributed by atoms with Crippen molar-refractivity contribution in [3.05, 3.63) is 58.3 Å². The zero-order valence-corrected chi connectivity index (χ0v) is 12.9. The number of nitrogens with zero attached hydrogens (tertiary/aromatic N) is 1. The van der Waals surface area contributed by atoms with Crippen molar-refractivity contribution < 1.29 is 4.79 Å². The van der Waals surface area contributed by atoms with Gasteiger partial charge in [-0.25, -0.2) is 9.78 Å². The molecule has 0 atom stereocenters. The van der Waals surface area contributed by atoms with E-state index in [1.54, 1.807) is 18.2 Å². The number of halogens is 2. The number of aromatic amines is 1. The molecule has 1 aromatic heterocycles. The third-order valence-electron chi connectivity index (χ3n) is 3.03. The van der Waals surface area contributed by atoms with Crippen molar-refractivity contribution in [3.63, 3.8) is 0 Å². The van der Waals surface area contributed by atoms with Gasteiger partial charge in [-0.15, -0.1) is 0 Å². The second-order valence-corrected chi connectivity index (χ2v) is 5.45. The molecule has 3 aromatic rings. The van der Waals surface area contributed by atoms with Gasteiger partial charge in [-0.05, 0) is 30.3 Å². The van der Waals surface area contributed by atoms with Crippen LogP contribution >= 0.6 is 23.2 Å². The van der Waals surface area contributed by atoms with Crippen molar-refractivity contribution in [1.29, 1.82) is 0 Å². The second kappa shape index (κ2) is 6.25. The number of fused-ring (bicyclic) bond motifs is 1. The van der Waals surface area contributed by atoms with Gasteiger partial charge in [0.1, 0.15) is 5.82 Å². The van der Waals surface area contributed by atoms with E-state index in [1.807, 2.05) is 24.3 Å². The number of aromatic nitrogens is 2. The summed E-state index contributed by atoms with van der Waals surface area (Å²) in [6, 6.07) is 12.2. The lowest BCUT2D eigenvalue weighted by molar-refractivity contribution is 0.251. The van der Waals surface area contributed by atoms with E-state index in [2.05, 4.69) is 20.6 Å². The van der Waals surface area contributed by atoms with Crippen LogP contribution in [0.25, 0.3) is 11.0 Å². The van der Waals surface area contributed by atoms with E-state index in [0.29, 0.717) is 28.1 Å². The molecule has 2 aromatic carbocycles. The zero-order valence-electron chi connectivity index (χ0n) is 11.4. The number of benzene rings is 2. The Bertz CT molecular complexity index is 798. The molecule has 22 heavy (non-hydrogen) atoms. The average molecular weight is 335 g/mol. The summed E-state index contributed by atoms with van der Waals surface area (Å²) in [4.78, 5) is 19.4. The van der Waals surface area contributed by atoms with Gasteiger partial charge in [-0.1, -0.05) is 35.3 Å². The van der Waals surface area contributed by atoms with Crippen molar-refractivity contribution in [3.8, 4) is 0 Å². The van der Waals surface area contributed by atoms with E-state index in [-0.39, 0.29) is 6.03 Å². The molecule has 2 amide bonds. The molecule has 112 valence electrons. The normalized spacial score (nSPS) is 10.6. The first-order valence-corrected chi connectivity index (χ1v) is 7.31. The van der Waals surface area contributed by atoms with Gasteiger partial charge in [-0.2, -0.15) is 0 Å². The van der Waals surface area contributed by atoms with Gasteiger partial charge in [0.2, 0.25) is 0 Å². The molecule has 3 rings (SSSR count). The van der Waals surface area contributed by atoms with E-state index in [1.165, 1.54) is 0 Å². The van der Waals surface area contributed by atoms with Crippen LogP contribution in [0.1, 0.15) is 5.82 Å². The Hall–Kier alpha value is -2.24. The highest BCUT2D eigenvalue weighted by atomic mass is 35.5. The first-order chi connectivity index (χ1) is 10.6. The predicted molar refractivity (Wildman–Crippen MR) is 88.4 cm³/mol. The number of hydrogen-bond donors (Lipinski definition) is 3. The van der Waals surface area contributed by atoms with Gasteiger partial charge in [0.05, 0.1) is 27.6 Å². The molecular formula is C15H12Cl2N4O. The number of hydrogen-bond acceptors (Lipinski definition) is 2. The summed E-state index contributed by atoms with van der Waals surface area (Å²) < 4.78 is 0. The maximum Gasteiger partial charge on any atom is 0.319 e. The number of carbonyl (C=O) groups is 1. The fraction of sp³-hybridized carbons (Fsp3) is 0.0667. The number of para-hydroxylation sites is 2. The SMILES string of the molecule is O=C(NCc1nc2ccccc2[nH]1)Nc1ccc(Cl)c(Cl)c1. The Balaban J connectivity index is 1.60. The summed E-state index contributed by atoms with van der Waals surface area (Å²) in [7, 11) is 0. The summed E-state index contributed by atoms with van der Waals surface area (Å²) in [5.74, 6) is 0.686. The Kier molecular flexibility index (Phi) is 4.18. The summed E-state index contributed by atoms with van der Waals surface area (Å²) in [6.45, 7) is 0.293. The number of rotatable bonds is 3. The summed E-state index contributed by atoms with van der Waals surface area (Å²) >= 11 is 11.7. The Morgan fingerprint density at radius 3 is 2.73 bits per heavy atom. The molecule has 0 saturated heterocycles. The van der Waals surface area contributed by atoms with Gasteiger partial charge in [0.15, 0.2) is 0 Å². The van der Waals surface area contributed by atoms with Crippen molar-refractivity contribution in [2.75, 3.05) is 5.32 Å². The number of nitrogens with one attached hydrogen (secondary N) is 3. The summed E-state index contributed by atoms with van der Waals surface area (Å²) in [5.41, 5.74) is 2.37. The quantitative estimate of drug-likeness (QED) is 0.672. The second-order valence-electron chi connectivity index (χ2n) is 4.64. The highest BCUT2D eigenvalue weighted by Crippen LogP contribution is 2.24.